The Morgan fingerprint density at radius 2 is 0.881 bits per heavy atom. The van der Waals surface area contributed by atoms with Crippen molar-refractivity contribution >= 4 is 23.1 Å². The molecule has 0 saturated heterocycles. The average Bonchev–Trinajstić information content (AvgIpc) is 3.79. The van der Waals surface area contributed by atoms with Crippen LogP contribution in [0.25, 0.3) is 11.1 Å². The Labute approximate surface area is 283 Å². The van der Waals surface area contributed by atoms with Crippen LogP contribution in [0.3, 0.4) is 0 Å². The van der Waals surface area contributed by atoms with Gasteiger partial charge in [-0.3, -0.25) is 0 Å². The van der Waals surface area contributed by atoms with Gasteiger partial charge in [-0.1, -0.05) is 0 Å². The van der Waals surface area contributed by atoms with E-state index in [4.69, 9.17) is 0 Å². The summed E-state index contributed by atoms with van der Waals surface area (Å²) in [5.41, 5.74) is 6.00. The number of benzene rings is 2. The van der Waals surface area contributed by atoms with Gasteiger partial charge >= 0.3 is 262 Å². The predicted octanol–water partition coefficient (Wildman–Crippen LogP) is 3.61. The molecule has 0 radical (unpaired) electrons. The van der Waals surface area contributed by atoms with E-state index >= 15 is 0 Å². The third kappa shape index (κ3) is 8.64. The Morgan fingerprint density at radius 3 is 1.19 bits per heavy atom. The molecule has 2 aromatic carbocycles. The Bertz CT molecular complexity index is 1330. The first-order valence-corrected chi connectivity index (χ1v) is 40.3. The second-order valence-corrected chi connectivity index (χ2v) is 65.4. The molecule has 216 valence electrons. The number of hydrogen-bond acceptors (Lipinski definition) is 0. The van der Waals surface area contributed by atoms with Crippen LogP contribution in [-0.2, 0) is 41.2 Å². The zero-order chi connectivity index (χ0) is 27.9. The average molecular weight is 959 g/mol. The zero-order valence-corrected chi connectivity index (χ0v) is 36.3. The summed E-state index contributed by atoms with van der Waals surface area (Å²) in [5, 5.41) is 0. The van der Waals surface area contributed by atoms with Crippen LogP contribution in [0.5, 0.6) is 0 Å². The molecule has 2 aromatic rings. The normalized spacial score (nSPS) is 16.4. The zero-order valence-electron chi connectivity index (χ0n) is 25.3. The van der Waals surface area contributed by atoms with Gasteiger partial charge in [-0.2, -0.15) is 0 Å². The molecule has 0 nitrogen and oxygen atoms in total. The molecule has 0 saturated carbocycles. The van der Waals surface area contributed by atoms with Crippen LogP contribution in [0.1, 0.15) is 36.8 Å². The third-order valence-electron chi connectivity index (χ3n) is 8.07. The van der Waals surface area contributed by atoms with Crippen molar-refractivity contribution in [3.05, 3.63) is 146 Å². The summed E-state index contributed by atoms with van der Waals surface area (Å²) in [6, 6.07) is 22.0. The monoisotopic (exact) mass is 960 g/mol. The first-order chi connectivity index (χ1) is 19.5. The van der Waals surface area contributed by atoms with Gasteiger partial charge in [0.05, 0.1) is 0 Å². The maximum absolute atomic E-state index is 2.58. The molecule has 6 heteroatoms. The first kappa shape index (κ1) is 35.6. The van der Waals surface area contributed by atoms with Crippen LogP contribution in [0.4, 0.5) is 0 Å². The van der Waals surface area contributed by atoms with Crippen molar-refractivity contribution in [2.75, 3.05) is 0 Å². The second-order valence-electron chi connectivity index (χ2n) is 11.5. The quantitative estimate of drug-likeness (QED) is 0.356. The van der Waals surface area contributed by atoms with Gasteiger partial charge in [0.25, 0.3) is 0 Å². The van der Waals surface area contributed by atoms with Crippen LogP contribution < -0.4 is 24.8 Å². The van der Waals surface area contributed by atoms with Crippen molar-refractivity contribution in [2.24, 2.45) is 0 Å². The van der Waals surface area contributed by atoms with Gasteiger partial charge in [-0.15, -0.1) is 0 Å². The standard InChI is InChI=1S/2C11H9.2C5H5.2C2H7Si.2ClH.2Hf/c2*1-2-6-10(7-3-1)11-8-4-5-9-11;2*1-2-4-5-3-1;2*1-3-2;;;;/h2*1-4,6-8H,5H2;2*1-3H,4H2;2*3H,1-2H3;2*1H;;/q;;;;;;;;2*+1/p-2. The summed E-state index contributed by atoms with van der Waals surface area (Å²) in [6.45, 7) is 10.3. The summed E-state index contributed by atoms with van der Waals surface area (Å²) < 4.78 is 7.45. The molecule has 0 heterocycles. The fourth-order valence-electron chi connectivity index (χ4n) is 6.42. The molecular formula is C36H42Cl2Hf2Si2. The SMILES string of the molecule is C[SiH](C)[Hf+]([C]1=CC=CC1)[C]1=C(c2ccccc2)C=CC1.C[SiH](C)[Hf+]([C]1=CC=CC1)[C]1=C(c2ccccc2)C=CC1.[Cl-].[Cl-]. The van der Waals surface area contributed by atoms with E-state index in [-0.39, 0.29) is 24.8 Å². The fraction of sp³-hybridized carbons (Fsp3) is 0.222. The van der Waals surface area contributed by atoms with Crippen molar-refractivity contribution in [3.8, 4) is 0 Å². The molecule has 4 aliphatic carbocycles. The van der Waals surface area contributed by atoms with Crippen molar-refractivity contribution in [1.82, 2.24) is 0 Å². The Kier molecular flexibility index (Phi) is 14.9. The van der Waals surface area contributed by atoms with Crippen LogP contribution in [0.15, 0.2) is 135 Å². The van der Waals surface area contributed by atoms with E-state index in [9.17, 15) is 0 Å². The van der Waals surface area contributed by atoms with E-state index in [1.54, 1.807) is 11.1 Å². The Hall–Kier alpha value is -0.886. The minimum atomic E-state index is -1.74. The molecule has 0 atom stereocenters. The molecule has 42 heavy (non-hydrogen) atoms. The van der Waals surface area contributed by atoms with E-state index in [1.165, 1.54) is 36.8 Å². The molecule has 0 spiro atoms. The smallest absolute Gasteiger partial charge is 1.00 e. The molecule has 0 bridgehead atoms. The molecule has 0 aliphatic heterocycles. The van der Waals surface area contributed by atoms with E-state index in [0.717, 1.165) is 0 Å². The van der Waals surface area contributed by atoms with E-state index in [1.807, 2.05) is 13.3 Å². The van der Waals surface area contributed by atoms with Gasteiger partial charge in [-0.05, 0) is 0 Å². The summed E-state index contributed by atoms with van der Waals surface area (Å²) >= 11 is -3.48. The van der Waals surface area contributed by atoms with E-state index in [2.05, 4.69) is 148 Å². The Morgan fingerprint density at radius 1 is 0.500 bits per heavy atom. The minimum Gasteiger partial charge on any atom is -1.00 e. The predicted molar refractivity (Wildman–Crippen MR) is 176 cm³/mol. The number of halogens is 2. The van der Waals surface area contributed by atoms with Gasteiger partial charge in [-0.25, -0.2) is 0 Å². The van der Waals surface area contributed by atoms with E-state index in [0.29, 0.717) is 0 Å². The van der Waals surface area contributed by atoms with Crippen molar-refractivity contribution in [2.45, 2.75) is 51.9 Å². The van der Waals surface area contributed by atoms with Gasteiger partial charge in [0, 0.05) is 0 Å². The maximum Gasteiger partial charge on any atom is -1.00 e. The molecular weight excluding hydrogens is 916 g/mol. The molecule has 0 fully saturated rings. The number of hydrogen-bond donors (Lipinski definition) is 0. The molecule has 6 rings (SSSR count). The van der Waals surface area contributed by atoms with Crippen molar-refractivity contribution in [3.63, 3.8) is 0 Å². The van der Waals surface area contributed by atoms with Gasteiger partial charge in [0.1, 0.15) is 0 Å². The second kappa shape index (κ2) is 17.6. The van der Waals surface area contributed by atoms with Gasteiger partial charge < -0.3 is 24.8 Å². The molecule has 0 N–H and O–H groups in total. The maximum atomic E-state index is 2.58. The largest absolute Gasteiger partial charge is 1.00 e. The van der Waals surface area contributed by atoms with Crippen LogP contribution >= 0.6 is 0 Å². The Balaban J connectivity index is 0.000000220. The van der Waals surface area contributed by atoms with Gasteiger partial charge in [0.15, 0.2) is 0 Å². The van der Waals surface area contributed by atoms with Crippen LogP contribution in [0.2, 0.25) is 26.2 Å². The molecule has 0 aromatic heterocycles. The summed E-state index contributed by atoms with van der Waals surface area (Å²) in [6.07, 6.45) is 28.7. The summed E-state index contributed by atoms with van der Waals surface area (Å²) in [4.78, 5) is 0. The van der Waals surface area contributed by atoms with Crippen LogP contribution in [-0.4, -0.2) is 12.0 Å². The minimum absolute atomic E-state index is 0. The summed E-state index contributed by atoms with van der Waals surface area (Å²) in [7, 11) is 0. The van der Waals surface area contributed by atoms with Crippen molar-refractivity contribution < 1.29 is 66.0 Å². The third-order valence-corrected chi connectivity index (χ3v) is 62.8. The molecule has 0 unspecified atom stereocenters. The first-order valence-electron chi connectivity index (χ1n) is 14.9. The number of allylic oxidation sites excluding steroid dienone is 16. The number of rotatable bonds is 8. The molecule has 4 aliphatic rings. The fourth-order valence-corrected chi connectivity index (χ4v) is 61.6. The summed E-state index contributed by atoms with van der Waals surface area (Å²) in [5.74, 6) is -1.09. The van der Waals surface area contributed by atoms with Crippen LogP contribution in [0, 0.1) is 0 Å². The van der Waals surface area contributed by atoms with Gasteiger partial charge in [0.2, 0.25) is 0 Å². The topological polar surface area (TPSA) is 0 Å². The molecule has 0 amide bonds. The van der Waals surface area contributed by atoms with E-state index < -0.39 is 53.2 Å². The van der Waals surface area contributed by atoms with Crippen molar-refractivity contribution in [1.29, 1.82) is 0 Å².